The van der Waals surface area contributed by atoms with E-state index in [1.165, 1.54) is 19.1 Å². The van der Waals surface area contributed by atoms with E-state index in [1.807, 2.05) is 6.92 Å². The molecule has 130 valence electrons. The summed E-state index contributed by atoms with van der Waals surface area (Å²) in [5.74, 6) is -0.382. The van der Waals surface area contributed by atoms with Crippen LogP contribution in [0.15, 0.2) is 40.1 Å². The molecule has 0 unspecified atom stereocenters. The van der Waals surface area contributed by atoms with Gasteiger partial charge in [0.05, 0.1) is 16.8 Å². The molecule has 8 heteroatoms. The van der Waals surface area contributed by atoms with Gasteiger partial charge in [-0.1, -0.05) is 17.7 Å². The summed E-state index contributed by atoms with van der Waals surface area (Å²) in [6.45, 7) is 4.97. The standard InChI is InChI=1S/C16H19NO5S2/c1-10-5-7-13(8-6-10)24(21,22)15-9-14(17-23(4,19)20)11(2)12(3)16(15)18/h5-9,17-18H,1-4H3. The first-order valence-corrected chi connectivity index (χ1v) is 10.4. The molecule has 2 aromatic rings. The zero-order chi connectivity index (χ0) is 18.3. The lowest BCUT2D eigenvalue weighted by atomic mass is 10.1. The van der Waals surface area contributed by atoms with Gasteiger partial charge < -0.3 is 5.11 Å². The van der Waals surface area contributed by atoms with Gasteiger partial charge in [0, 0.05) is 0 Å². The third-order valence-corrected chi connectivity index (χ3v) is 6.12. The molecule has 6 nitrogen and oxygen atoms in total. The number of benzene rings is 2. The van der Waals surface area contributed by atoms with E-state index in [0.29, 0.717) is 11.1 Å². The SMILES string of the molecule is Cc1ccc(S(=O)(=O)c2cc(NS(C)(=O)=O)c(C)c(C)c2O)cc1. The van der Waals surface area contributed by atoms with Crippen LogP contribution in [0.1, 0.15) is 16.7 Å². The highest BCUT2D eigenvalue weighted by molar-refractivity contribution is 7.92. The van der Waals surface area contributed by atoms with Crippen LogP contribution in [0.5, 0.6) is 5.75 Å². The Labute approximate surface area is 142 Å². The van der Waals surface area contributed by atoms with Crippen LogP contribution in [-0.2, 0) is 19.9 Å². The molecule has 0 amide bonds. The number of rotatable bonds is 4. The number of phenolic OH excluding ortho intramolecular Hbond substituents is 1. The minimum atomic E-state index is -3.99. The van der Waals surface area contributed by atoms with Gasteiger partial charge in [-0.15, -0.1) is 0 Å². The second kappa shape index (κ2) is 6.10. The van der Waals surface area contributed by atoms with E-state index in [-0.39, 0.29) is 21.2 Å². The Balaban J connectivity index is 2.71. The second-order valence-corrected chi connectivity index (χ2v) is 9.38. The number of nitrogens with one attached hydrogen (secondary N) is 1. The Morgan fingerprint density at radius 3 is 1.96 bits per heavy atom. The summed E-state index contributed by atoms with van der Waals surface area (Å²) in [5, 5.41) is 10.3. The van der Waals surface area contributed by atoms with E-state index in [2.05, 4.69) is 4.72 Å². The highest BCUT2D eigenvalue weighted by atomic mass is 32.2. The van der Waals surface area contributed by atoms with Crippen molar-refractivity contribution in [1.82, 2.24) is 0 Å². The molecule has 0 atom stereocenters. The molecule has 0 saturated carbocycles. The number of sulfonamides is 1. The lowest BCUT2D eigenvalue weighted by Gasteiger charge is -2.16. The smallest absolute Gasteiger partial charge is 0.229 e. The molecule has 0 radical (unpaired) electrons. The normalized spacial score (nSPS) is 12.2. The van der Waals surface area contributed by atoms with Gasteiger partial charge in [-0.2, -0.15) is 0 Å². The van der Waals surface area contributed by atoms with Gasteiger partial charge in [0.1, 0.15) is 10.6 Å². The van der Waals surface area contributed by atoms with Crippen molar-refractivity contribution in [2.24, 2.45) is 0 Å². The van der Waals surface area contributed by atoms with Crippen LogP contribution < -0.4 is 4.72 Å². The van der Waals surface area contributed by atoms with E-state index >= 15 is 0 Å². The molecular weight excluding hydrogens is 350 g/mol. The van der Waals surface area contributed by atoms with Crippen molar-refractivity contribution < 1.29 is 21.9 Å². The lowest BCUT2D eigenvalue weighted by molar-refractivity contribution is 0.454. The Hall–Kier alpha value is -2.06. The third-order valence-electron chi connectivity index (χ3n) is 3.75. The Kier molecular flexibility index (Phi) is 4.65. The molecule has 0 bridgehead atoms. The third kappa shape index (κ3) is 3.54. The quantitative estimate of drug-likeness (QED) is 0.807. The Morgan fingerprint density at radius 1 is 0.917 bits per heavy atom. The average molecular weight is 369 g/mol. The predicted molar refractivity (Wildman–Crippen MR) is 92.7 cm³/mol. The maximum atomic E-state index is 12.8. The van der Waals surface area contributed by atoms with E-state index < -0.39 is 19.9 Å². The topological polar surface area (TPSA) is 101 Å². The lowest BCUT2D eigenvalue weighted by Crippen LogP contribution is -2.13. The molecule has 0 saturated heterocycles. The largest absolute Gasteiger partial charge is 0.506 e. The first kappa shape index (κ1) is 18.3. The number of aryl methyl sites for hydroxylation is 1. The second-order valence-electron chi connectivity index (χ2n) is 5.71. The van der Waals surface area contributed by atoms with Gasteiger partial charge in [0.15, 0.2) is 0 Å². The van der Waals surface area contributed by atoms with Gasteiger partial charge in [-0.25, -0.2) is 16.8 Å². The van der Waals surface area contributed by atoms with Crippen LogP contribution in [0.3, 0.4) is 0 Å². The number of aromatic hydroxyl groups is 1. The molecule has 0 fully saturated rings. The van der Waals surface area contributed by atoms with Gasteiger partial charge >= 0.3 is 0 Å². The van der Waals surface area contributed by atoms with Crippen LogP contribution in [0, 0.1) is 20.8 Å². The Bertz CT molecular complexity index is 992. The van der Waals surface area contributed by atoms with E-state index in [1.54, 1.807) is 19.1 Å². The highest BCUT2D eigenvalue weighted by Crippen LogP contribution is 2.37. The van der Waals surface area contributed by atoms with Crippen molar-refractivity contribution in [3.63, 3.8) is 0 Å². The maximum absolute atomic E-state index is 12.8. The minimum absolute atomic E-state index is 0.0250. The van der Waals surface area contributed by atoms with Crippen molar-refractivity contribution in [1.29, 1.82) is 0 Å². The van der Waals surface area contributed by atoms with Crippen molar-refractivity contribution in [2.75, 3.05) is 11.0 Å². The number of phenols is 1. The molecule has 0 aliphatic heterocycles. The summed E-state index contributed by atoms with van der Waals surface area (Å²) in [6.07, 6.45) is 0.975. The molecule has 0 aromatic heterocycles. The summed E-state index contributed by atoms with van der Waals surface area (Å²) >= 11 is 0. The van der Waals surface area contributed by atoms with Gasteiger partial charge in [-0.05, 0) is 50.1 Å². The zero-order valence-corrected chi connectivity index (χ0v) is 15.4. The summed E-state index contributed by atoms with van der Waals surface area (Å²) in [6, 6.07) is 7.35. The van der Waals surface area contributed by atoms with Crippen molar-refractivity contribution in [2.45, 2.75) is 30.6 Å². The Morgan fingerprint density at radius 2 is 1.46 bits per heavy atom. The van der Waals surface area contributed by atoms with Crippen molar-refractivity contribution >= 4 is 25.5 Å². The fraction of sp³-hybridized carbons (Fsp3) is 0.250. The molecule has 0 heterocycles. The monoisotopic (exact) mass is 369 g/mol. The van der Waals surface area contributed by atoms with E-state index in [4.69, 9.17) is 0 Å². The van der Waals surface area contributed by atoms with Crippen LogP contribution in [0.2, 0.25) is 0 Å². The number of hydrogen-bond donors (Lipinski definition) is 2. The maximum Gasteiger partial charge on any atom is 0.229 e. The summed E-state index contributed by atoms with van der Waals surface area (Å²) in [5.41, 5.74) is 1.78. The van der Waals surface area contributed by atoms with Gasteiger partial charge in [0.2, 0.25) is 19.9 Å². The summed E-state index contributed by atoms with van der Waals surface area (Å²) in [4.78, 5) is -0.308. The van der Waals surface area contributed by atoms with Crippen molar-refractivity contribution in [3.05, 3.63) is 47.0 Å². The van der Waals surface area contributed by atoms with E-state index in [9.17, 15) is 21.9 Å². The van der Waals surface area contributed by atoms with Gasteiger partial charge in [-0.3, -0.25) is 4.72 Å². The molecule has 0 spiro atoms. The van der Waals surface area contributed by atoms with Crippen LogP contribution in [0.25, 0.3) is 0 Å². The van der Waals surface area contributed by atoms with Crippen molar-refractivity contribution in [3.8, 4) is 5.75 Å². The van der Waals surface area contributed by atoms with Crippen LogP contribution >= 0.6 is 0 Å². The molecule has 0 aliphatic rings. The molecule has 2 aromatic carbocycles. The first-order chi connectivity index (χ1) is 10.9. The van der Waals surface area contributed by atoms with Gasteiger partial charge in [0.25, 0.3) is 0 Å². The molecule has 24 heavy (non-hydrogen) atoms. The fourth-order valence-corrected chi connectivity index (χ4v) is 4.27. The highest BCUT2D eigenvalue weighted by Gasteiger charge is 2.25. The number of sulfone groups is 1. The first-order valence-electron chi connectivity index (χ1n) is 7.06. The minimum Gasteiger partial charge on any atom is -0.506 e. The average Bonchev–Trinajstić information content (AvgIpc) is 2.47. The van der Waals surface area contributed by atoms with E-state index in [0.717, 1.165) is 17.9 Å². The molecule has 0 aliphatic carbocycles. The summed E-state index contributed by atoms with van der Waals surface area (Å²) < 4.78 is 50.9. The summed E-state index contributed by atoms with van der Waals surface area (Å²) in [7, 11) is -7.58. The molecule has 2 N–H and O–H groups in total. The number of anilines is 1. The zero-order valence-electron chi connectivity index (χ0n) is 13.8. The molecular formula is C16H19NO5S2. The number of hydrogen-bond acceptors (Lipinski definition) is 5. The van der Waals surface area contributed by atoms with Crippen LogP contribution in [-0.4, -0.2) is 28.2 Å². The van der Waals surface area contributed by atoms with Crippen LogP contribution in [0.4, 0.5) is 5.69 Å². The molecule has 2 rings (SSSR count). The predicted octanol–water partition coefficient (Wildman–Crippen LogP) is 2.52. The fourth-order valence-electron chi connectivity index (χ4n) is 2.23.